The molecule has 0 N–H and O–H groups in total. The van der Waals surface area contributed by atoms with E-state index in [2.05, 4.69) is 21.4 Å². The Morgan fingerprint density at radius 1 is 1.04 bits per heavy atom. The molecule has 0 bridgehead atoms. The van der Waals surface area contributed by atoms with E-state index < -0.39 is 0 Å². The SMILES string of the molecule is CCOc1ccc(C(=O)N2CCN(c3nccn3CC)CC2)cc1OCC. The molecule has 1 aliphatic heterocycles. The summed E-state index contributed by atoms with van der Waals surface area (Å²) >= 11 is 0. The molecule has 0 spiro atoms. The van der Waals surface area contributed by atoms with Crippen molar-refractivity contribution in [1.82, 2.24) is 14.5 Å². The summed E-state index contributed by atoms with van der Waals surface area (Å²) in [5, 5.41) is 0. The molecule has 1 amide bonds. The molecule has 27 heavy (non-hydrogen) atoms. The van der Waals surface area contributed by atoms with Gasteiger partial charge in [0.25, 0.3) is 5.91 Å². The number of hydrogen-bond donors (Lipinski definition) is 0. The van der Waals surface area contributed by atoms with Crippen molar-refractivity contribution < 1.29 is 14.3 Å². The fraction of sp³-hybridized carbons (Fsp3) is 0.500. The number of amides is 1. The quantitative estimate of drug-likeness (QED) is 0.748. The van der Waals surface area contributed by atoms with Gasteiger partial charge in [0.2, 0.25) is 5.95 Å². The fourth-order valence-corrected chi connectivity index (χ4v) is 3.31. The van der Waals surface area contributed by atoms with Crippen LogP contribution in [0.2, 0.25) is 0 Å². The van der Waals surface area contributed by atoms with Crippen molar-refractivity contribution in [2.45, 2.75) is 27.3 Å². The Labute approximate surface area is 160 Å². The molecular formula is C20H28N4O3. The number of imidazole rings is 1. The minimum atomic E-state index is 0.0254. The van der Waals surface area contributed by atoms with Gasteiger partial charge in [-0.05, 0) is 39.0 Å². The van der Waals surface area contributed by atoms with Gasteiger partial charge in [-0.25, -0.2) is 4.98 Å². The number of aromatic nitrogens is 2. The number of piperazine rings is 1. The van der Waals surface area contributed by atoms with Gasteiger partial charge in [-0.1, -0.05) is 0 Å². The van der Waals surface area contributed by atoms with Crippen LogP contribution in [-0.2, 0) is 6.54 Å². The predicted octanol–water partition coefficient (Wildman–Crippen LogP) is 2.66. The van der Waals surface area contributed by atoms with Gasteiger partial charge in [0.15, 0.2) is 11.5 Å². The topological polar surface area (TPSA) is 59.8 Å². The van der Waals surface area contributed by atoms with Gasteiger partial charge in [0.1, 0.15) is 0 Å². The largest absolute Gasteiger partial charge is 0.490 e. The number of hydrogen-bond acceptors (Lipinski definition) is 5. The Bertz CT molecular complexity index is 766. The molecular weight excluding hydrogens is 344 g/mol. The number of nitrogens with zero attached hydrogens (tertiary/aromatic N) is 4. The molecule has 1 aromatic heterocycles. The molecule has 0 saturated carbocycles. The van der Waals surface area contributed by atoms with Gasteiger partial charge < -0.3 is 23.8 Å². The van der Waals surface area contributed by atoms with E-state index in [0.29, 0.717) is 43.4 Å². The van der Waals surface area contributed by atoms with Crippen molar-refractivity contribution >= 4 is 11.9 Å². The van der Waals surface area contributed by atoms with Gasteiger partial charge in [0.05, 0.1) is 13.2 Å². The van der Waals surface area contributed by atoms with Crippen LogP contribution < -0.4 is 14.4 Å². The average molecular weight is 372 g/mol. The maximum atomic E-state index is 12.9. The van der Waals surface area contributed by atoms with E-state index in [1.54, 1.807) is 6.07 Å². The molecule has 1 aliphatic rings. The highest BCUT2D eigenvalue weighted by Gasteiger charge is 2.24. The second-order valence-corrected chi connectivity index (χ2v) is 6.32. The Morgan fingerprint density at radius 3 is 2.41 bits per heavy atom. The molecule has 2 aromatic rings. The second-order valence-electron chi connectivity index (χ2n) is 6.32. The van der Waals surface area contributed by atoms with Crippen molar-refractivity contribution in [3.05, 3.63) is 36.2 Å². The van der Waals surface area contributed by atoms with E-state index >= 15 is 0 Å². The van der Waals surface area contributed by atoms with Crippen LogP contribution in [0.3, 0.4) is 0 Å². The van der Waals surface area contributed by atoms with Gasteiger partial charge in [-0.15, -0.1) is 0 Å². The summed E-state index contributed by atoms with van der Waals surface area (Å²) in [5.74, 6) is 2.29. The highest BCUT2D eigenvalue weighted by Crippen LogP contribution is 2.29. The van der Waals surface area contributed by atoms with E-state index in [9.17, 15) is 4.79 Å². The summed E-state index contributed by atoms with van der Waals surface area (Å²) < 4.78 is 13.3. The van der Waals surface area contributed by atoms with E-state index in [0.717, 1.165) is 25.6 Å². The number of rotatable bonds is 7. The zero-order chi connectivity index (χ0) is 19.2. The highest BCUT2D eigenvalue weighted by molar-refractivity contribution is 5.95. The first kappa shape index (κ1) is 19.1. The lowest BCUT2D eigenvalue weighted by molar-refractivity contribution is 0.0745. The minimum Gasteiger partial charge on any atom is -0.490 e. The van der Waals surface area contributed by atoms with Crippen LogP contribution in [0.5, 0.6) is 11.5 Å². The lowest BCUT2D eigenvalue weighted by Crippen LogP contribution is -2.49. The number of ether oxygens (including phenoxy) is 2. The molecule has 7 heteroatoms. The number of aryl methyl sites for hydroxylation is 1. The zero-order valence-corrected chi connectivity index (χ0v) is 16.4. The molecule has 1 saturated heterocycles. The Kier molecular flexibility index (Phi) is 6.21. The summed E-state index contributed by atoms with van der Waals surface area (Å²) in [6, 6.07) is 5.41. The van der Waals surface area contributed by atoms with Crippen molar-refractivity contribution in [1.29, 1.82) is 0 Å². The molecule has 0 radical (unpaired) electrons. The van der Waals surface area contributed by atoms with Gasteiger partial charge in [-0.3, -0.25) is 4.79 Å². The zero-order valence-electron chi connectivity index (χ0n) is 16.4. The summed E-state index contributed by atoms with van der Waals surface area (Å²) in [5.41, 5.74) is 0.630. The molecule has 1 aromatic carbocycles. The Hall–Kier alpha value is -2.70. The maximum absolute atomic E-state index is 12.9. The summed E-state index contributed by atoms with van der Waals surface area (Å²) in [7, 11) is 0. The van der Waals surface area contributed by atoms with E-state index in [1.807, 2.05) is 43.3 Å². The minimum absolute atomic E-state index is 0.0254. The third-order valence-electron chi connectivity index (χ3n) is 4.67. The van der Waals surface area contributed by atoms with Crippen LogP contribution in [0, 0.1) is 0 Å². The molecule has 1 fully saturated rings. The molecule has 0 aliphatic carbocycles. The molecule has 0 atom stereocenters. The first-order chi connectivity index (χ1) is 13.2. The van der Waals surface area contributed by atoms with Gasteiger partial charge in [-0.2, -0.15) is 0 Å². The number of carbonyl (C=O) groups is 1. The number of carbonyl (C=O) groups excluding carboxylic acids is 1. The van der Waals surface area contributed by atoms with Crippen molar-refractivity contribution in [2.24, 2.45) is 0 Å². The third-order valence-corrected chi connectivity index (χ3v) is 4.67. The maximum Gasteiger partial charge on any atom is 0.254 e. The Morgan fingerprint density at radius 2 is 1.74 bits per heavy atom. The van der Waals surface area contributed by atoms with Crippen LogP contribution >= 0.6 is 0 Å². The molecule has 3 rings (SSSR count). The fourth-order valence-electron chi connectivity index (χ4n) is 3.31. The first-order valence-electron chi connectivity index (χ1n) is 9.62. The van der Waals surface area contributed by atoms with Crippen LogP contribution in [0.4, 0.5) is 5.95 Å². The van der Waals surface area contributed by atoms with Crippen molar-refractivity contribution in [3.8, 4) is 11.5 Å². The van der Waals surface area contributed by atoms with Gasteiger partial charge in [0, 0.05) is 50.7 Å². The monoisotopic (exact) mass is 372 g/mol. The standard InChI is InChI=1S/C20H28N4O3/c1-4-22-10-9-21-20(22)24-13-11-23(12-14-24)19(25)16-7-8-17(26-5-2)18(15-16)27-6-3/h7-10,15H,4-6,11-14H2,1-3H3. The summed E-state index contributed by atoms with van der Waals surface area (Å²) in [4.78, 5) is 21.5. The Balaban J connectivity index is 1.67. The van der Waals surface area contributed by atoms with Crippen LogP contribution in [0.15, 0.2) is 30.6 Å². The molecule has 7 nitrogen and oxygen atoms in total. The van der Waals surface area contributed by atoms with Crippen LogP contribution in [0.25, 0.3) is 0 Å². The third kappa shape index (κ3) is 4.18. The number of anilines is 1. The molecule has 2 heterocycles. The van der Waals surface area contributed by atoms with E-state index in [-0.39, 0.29) is 5.91 Å². The predicted molar refractivity (Wildman–Crippen MR) is 105 cm³/mol. The van der Waals surface area contributed by atoms with Crippen molar-refractivity contribution in [3.63, 3.8) is 0 Å². The number of benzene rings is 1. The highest BCUT2D eigenvalue weighted by atomic mass is 16.5. The summed E-state index contributed by atoms with van der Waals surface area (Å²) in [6.07, 6.45) is 3.81. The molecule has 146 valence electrons. The van der Waals surface area contributed by atoms with Crippen LogP contribution in [-0.4, -0.2) is 59.8 Å². The average Bonchev–Trinajstić information content (AvgIpc) is 3.18. The van der Waals surface area contributed by atoms with Crippen molar-refractivity contribution in [2.75, 3.05) is 44.3 Å². The smallest absolute Gasteiger partial charge is 0.254 e. The molecule has 0 unspecified atom stereocenters. The first-order valence-corrected chi connectivity index (χ1v) is 9.62. The lowest BCUT2D eigenvalue weighted by Gasteiger charge is -2.35. The van der Waals surface area contributed by atoms with Gasteiger partial charge >= 0.3 is 0 Å². The van der Waals surface area contributed by atoms with Crippen LogP contribution in [0.1, 0.15) is 31.1 Å². The van der Waals surface area contributed by atoms with E-state index in [1.165, 1.54) is 0 Å². The second kappa shape index (κ2) is 8.79. The summed E-state index contributed by atoms with van der Waals surface area (Å²) in [6.45, 7) is 10.8. The normalized spacial score (nSPS) is 14.3. The van der Waals surface area contributed by atoms with E-state index in [4.69, 9.17) is 9.47 Å². The lowest BCUT2D eigenvalue weighted by atomic mass is 10.1.